The van der Waals surface area contributed by atoms with Crippen LogP contribution in [0.25, 0.3) is 0 Å². The SMILES string of the molecule is C[C@@H](NS(=O)(=O)c1ccc(CCC(=O)N2CCN(c3ccccc3F)CC2)cc1)c1ccccc1. The van der Waals surface area contributed by atoms with Gasteiger partial charge in [-0.25, -0.2) is 17.5 Å². The summed E-state index contributed by atoms with van der Waals surface area (Å²) in [6.45, 7) is 4.09. The third-order valence-corrected chi connectivity index (χ3v) is 7.87. The minimum Gasteiger partial charge on any atom is -0.366 e. The van der Waals surface area contributed by atoms with E-state index in [0.29, 0.717) is 44.7 Å². The van der Waals surface area contributed by atoms with Crippen LogP contribution < -0.4 is 9.62 Å². The molecule has 0 aliphatic carbocycles. The maximum Gasteiger partial charge on any atom is 0.241 e. The van der Waals surface area contributed by atoms with Gasteiger partial charge in [0.2, 0.25) is 15.9 Å². The van der Waals surface area contributed by atoms with Gasteiger partial charge in [-0.15, -0.1) is 0 Å². The first kappa shape index (κ1) is 24.9. The fourth-order valence-electron chi connectivity index (χ4n) is 4.26. The summed E-state index contributed by atoms with van der Waals surface area (Å²) in [6, 6.07) is 22.4. The molecule has 0 spiro atoms. The predicted octanol–water partition coefficient (Wildman–Crippen LogP) is 4.15. The van der Waals surface area contributed by atoms with E-state index in [1.807, 2.05) is 53.1 Å². The Kier molecular flexibility index (Phi) is 7.83. The molecule has 1 aliphatic rings. The number of anilines is 1. The van der Waals surface area contributed by atoms with Crippen LogP contribution in [0, 0.1) is 5.82 Å². The van der Waals surface area contributed by atoms with Crippen molar-refractivity contribution in [3.8, 4) is 0 Å². The van der Waals surface area contributed by atoms with Crippen molar-refractivity contribution < 1.29 is 17.6 Å². The molecule has 1 amide bonds. The molecule has 35 heavy (non-hydrogen) atoms. The topological polar surface area (TPSA) is 69.7 Å². The fraction of sp³-hybridized carbons (Fsp3) is 0.296. The minimum absolute atomic E-state index is 0.0493. The Morgan fingerprint density at radius 1 is 0.914 bits per heavy atom. The summed E-state index contributed by atoms with van der Waals surface area (Å²) in [7, 11) is -3.66. The zero-order valence-corrected chi connectivity index (χ0v) is 20.5. The molecule has 0 aromatic heterocycles. The average Bonchev–Trinajstić information content (AvgIpc) is 2.88. The molecule has 6 nitrogen and oxygen atoms in total. The van der Waals surface area contributed by atoms with Crippen LogP contribution in [0.5, 0.6) is 0 Å². The predicted molar refractivity (Wildman–Crippen MR) is 135 cm³/mol. The molecule has 3 aromatic carbocycles. The van der Waals surface area contributed by atoms with E-state index in [4.69, 9.17) is 0 Å². The fourth-order valence-corrected chi connectivity index (χ4v) is 5.49. The summed E-state index contributed by atoms with van der Waals surface area (Å²) in [5.41, 5.74) is 2.36. The van der Waals surface area contributed by atoms with Crippen LogP contribution in [0.15, 0.2) is 83.8 Å². The molecule has 184 valence electrons. The Hall–Kier alpha value is -3.23. The van der Waals surface area contributed by atoms with Crippen molar-refractivity contribution in [1.82, 2.24) is 9.62 Å². The van der Waals surface area contributed by atoms with E-state index >= 15 is 0 Å². The maximum atomic E-state index is 14.0. The minimum atomic E-state index is -3.66. The van der Waals surface area contributed by atoms with Crippen LogP contribution >= 0.6 is 0 Å². The molecule has 1 saturated heterocycles. The lowest BCUT2D eigenvalue weighted by Gasteiger charge is -2.36. The molecule has 8 heteroatoms. The van der Waals surface area contributed by atoms with Gasteiger partial charge in [0.1, 0.15) is 5.82 Å². The van der Waals surface area contributed by atoms with Gasteiger partial charge in [0.15, 0.2) is 0 Å². The molecule has 1 fully saturated rings. The number of benzene rings is 3. The van der Waals surface area contributed by atoms with E-state index in [0.717, 1.165) is 11.1 Å². The van der Waals surface area contributed by atoms with Crippen molar-refractivity contribution in [2.45, 2.75) is 30.7 Å². The molecule has 1 N–H and O–H groups in total. The second kappa shape index (κ2) is 11.0. The third-order valence-electron chi connectivity index (χ3n) is 6.32. The Labute approximate surface area is 206 Å². The number of carbonyl (C=O) groups is 1. The number of aryl methyl sites for hydroxylation is 1. The second-order valence-corrected chi connectivity index (χ2v) is 10.4. The lowest BCUT2D eigenvalue weighted by Crippen LogP contribution is -2.49. The number of amides is 1. The number of nitrogens with one attached hydrogen (secondary N) is 1. The molecule has 1 atom stereocenters. The number of sulfonamides is 1. The highest BCUT2D eigenvalue weighted by molar-refractivity contribution is 7.89. The highest BCUT2D eigenvalue weighted by atomic mass is 32.2. The Bertz CT molecular complexity index is 1240. The molecule has 4 rings (SSSR count). The van der Waals surface area contributed by atoms with Crippen molar-refractivity contribution >= 4 is 21.6 Å². The van der Waals surface area contributed by atoms with Crippen molar-refractivity contribution in [3.63, 3.8) is 0 Å². The van der Waals surface area contributed by atoms with Gasteiger partial charge < -0.3 is 9.80 Å². The van der Waals surface area contributed by atoms with Gasteiger partial charge in [-0.05, 0) is 48.7 Å². The lowest BCUT2D eigenvalue weighted by atomic mass is 10.1. The highest BCUT2D eigenvalue weighted by Crippen LogP contribution is 2.21. The molecule has 3 aromatic rings. The number of rotatable bonds is 8. The Morgan fingerprint density at radius 2 is 1.54 bits per heavy atom. The molecule has 1 aliphatic heterocycles. The number of nitrogens with zero attached hydrogens (tertiary/aromatic N) is 2. The molecule has 1 heterocycles. The molecule has 0 unspecified atom stereocenters. The van der Waals surface area contributed by atoms with Crippen LogP contribution in [-0.2, 0) is 21.2 Å². The number of para-hydroxylation sites is 1. The van der Waals surface area contributed by atoms with E-state index in [2.05, 4.69) is 4.72 Å². The summed E-state index contributed by atoms with van der Waals surface area (Å²) in [5, 5.41) is 0. The van der Waals surface area contributed by atoms with Gasteiger partial charge in [0, 0.05) is 38.6 Å². The van der Waals surface area contributed by atoms with Gasteiger partial charge >= 0.3 is 0 Å². The van der Waals surface area contributed by atoms with E-state index in [9.17, 15) is 17.6 Å². The number of hydrogen-bond donors (Lipinski definition) is 1. The van der Waals surface area contributed by atoms with Crippen molar-refractivity contribution in [2.24, 2.45) is 0 Å². The zero-order chi connectivity index (χ0) is 24.8. The largest absolute Gasteiger partial charge is 0.366 e. The smallest absolute Gasteiger partial charge is 0.241 e. The van der Waals surface area contributed by atoms with E-state index in [1.165, 1.54) is 6.07 Å². The van der Waals surface area contributed by atoms with E-state index in [-0.39, 0.29) is 22.7 Å². The quantitative estimate of drug-likeness (QED) is 0.510. The first-order valence-electron chi connectivity index (χ1n) is 11.8. The summed E-state index contributed by atoms with van der Waals surface area (Å²) >= 11 is 0. The molecule has 0 saturated carbocycles. The van der Waals surface area contributed by atoms with Crippen LogP contribution in [0.2, 0.25) is 0 Å². The summed E-state index contributed by atoms with van der Waals surface area (Å²) in [6.07, 6.45) is 0.871. The van der Waals surface area contributed by atoms with Crippen molar-refractivity contribution in [2.75, 3.05) is 31.1 Å². The van der Waals surface area contributed by atoms with E-state index in [1.54, 1.807) is 36.4 Å². The lowest BCUT2D eigenvalue weighted by molar-refractivity contribution is -0.131. The number of hydrogen-bond acceptors (Lipinski definition) is 4. The maximum absolute atomic E-state index is 14.0. The van der Waals surface area contributed by atoms with Crippen molar-refractivity contribution in [3.05, 3.63) is 95.8 Å². The first-order valence-corrected chi connectivity index (χ1v) is 13.3. The van der Waals surface area contributed by atoms with Crippen LogP contribution in [0.3, 0.4) is 0 Å². The highest BCUT2D eigenvalue weighted by Gasteiger charge is 2.23. The standard InChI is InChI=1S/C27H30FN3O3S/c1-21(23-7-3-2-4-8-23)29-35(33,34)24-14-11-22(12-15-24)13-16-27(32)31-19-17-30(18-20-31)26-10-6-5-9-25(26)28/h2-12,14-15,21,29H,13,16-20H2,1H3/t21-/m1/s1. The van der Waals surface area contributed by atoms with Gasteiger partial charge in [-0.2, -0.15) is 0 Å². The zero-order valence-electron chi connectivity index (χ0n) is 19.7. The monoisotopic (exact) mass is 495 g/mol. The molecular formula is C27H30FN3O3S. The van der Waals surface area contributed by atoms with Crippen LogP contribution in [0.1, 0.15) is 30.5 Å². The average molecular weight is 496 g/mol. The Morgan fingerprint density at radius 3 is 2.20 bits per heavy atom. The van der Waals surface area contributed by atoms with Crippen LogP contribution in [0.4, 0.5) is 10.1 Å². The molecule has 0 radical (unpaired) electrons. The second-order valence-electron chi connectivity index (χ2n) is 8.72. The molecular weight excluding hydrogens is 465 g/mol. The first-order chi connectivity index (χ1) is 16.8. The van der Waals surface area contributed by atoms with Crippen molar-refractivity contribution in [1.29, 1.82) is 0 Å². The number of halogens is 1. The molecule has 0 bridgehead atoms. The van der Waals surface area contributed by atoms with Gasteiger partial charge in [-0.3, -0.25) is 4.79 Å². The van der Waals surface area contributed by atoms with Gasteiger partial charge in [0.05, 0.1) is 10.6 Å². The van der Waals surface area contributed by atoms with Crippen LogP contribution in [-0.4, -0.2) is 45.4 Å². The third kappa shape index (κ3) is 6.26. The Balaban J connectivity index is 1.27. The summed E-state index contributed by atoms with van der Waals surface area (Å²) in [4.78, 5) is 16.7. The summed E-state index contributed by atoms with van der Waals surface area (Å²) in [5.74, 6) is -0.198. The number of piperazine rings is 1. The van der Waals surface area contributed by atoms with E-state index < -0.39 is 10.0 Å². The number of carbonyl (C=O) groups excluding carboxylic acids is 1. The summed E-state index contributed by atoms with van der Waals surface area (Å²) < 4.78 is 42.2. The van der Waals surface area contributed by atoms with Gasteiger partial charge in [-0.1, -0.05) is 54.6 Å². The van der Waals surface area contributed by atoms with Gasteiger partial charge in [0.25, 0.3) is 0 Å². The normalized spacial score (nSPS) is 15.1.